The summed E-state index contributed by atoms with van der Waals surface area (Å²) in [4.78, 5) is 2.49. The topological polar surface area (TPSA) is 23.5 Å². The lowest BCUT2D eigenvalue weighted by Gasteiger charge is -2.40. The molecule has 1 aliphatic carbocycles. The number of hydrogen-bond acceptors (Lipinski definition) is 2. The number of aliphatic hydroxyl groups is 1. The Labute approximate surface area is 107 Å². The molecule has 0 saturated heterocycles. The largest absolute Gasteiger partial charge is 0.393 e. The maximum absolute atomic E-state index is 9.84. The monoisotopic (exact) mass is 241 g/mol. The van der Waals surface area contributed by atoms with Crippen LogP contribution in [0.2, 0.25) is 0 Å². The standard InChI is InChI=1S/C15H31NO/c1-6-12-7-8-13(17)11-14(12)16(5)10-9-15(2,3)4/h12-14,17H,6-11H2,1-5H3. The minimum Gasteiger partial charge on any atom is -0.393 e. The van der Waals surface area contributed by atoms with Crippen LogP contribution >= 0.6 is 0 Å². The third-order valence-electron chi connectivity index (χ3n) is 4.23. The predicted molar refractivity (Wildman–Crippen MR) is 74.1 cm³/mol. The average molecular weight is 241 g/mol. The lowest BCUT2D eigenvalue weighted by atomic mass is 9.80. The Balaban J connectivity index is 2.49. The number of nitrogens with zero attached hydrogens (tertiary/aromatic N) is 1. The normalized spacial score (nSPS) is 30.9. The van der Waals surface area contributed by atoms with Gasteiger partial charge in [0, 0.05) is 6.04 Å². The Morgan fingerprint density at radius 1 is 1.24 bits per heavy atom. The molecule has 3 unspecified atom stereocenters. The average Bonchev–Trinajstić information content (AvgIpc) is 2.25. The highest BCUT2D eigenvalue weighted by molar-refractivity contribution is 4.85. The minimum absolute atomic E-state index is 0.0695. The Morgan fingerprint density at radius 3 is 2.41 bits per heavy atom. The molecule has 0 aromatic carbocycles. The third-order valence-corrected chi connectivity index (χ3v) is 4.23. The van der Waals surface area contributed by atoms with Crippen LogP contribution in [0.5, 0.6) is 0 Å². The van der Waals surface area contributed by atoms with Gasteiger partial charge in [0.2, 0.25) is 0 Å². The quantitative estimate of drug-likeness (QED) is 0.816. The second kappa shape index (κ2) is 6.19. The van der Waals surface area contributed by atoms with Crippen LogP contribution in [0.15, 0.2) is 0 Å². The molecule has 0 aliphatic heterocycles. The van der Waals surface area contributed by atoms with Gasteiger partial charge in [-0.3, -0.25) is 0 Å². The molecule has 0 aromatic rings. The molecule has 17 heavy (non-hydrogen) atoms. The molecule has 1 saturated carbocycles. The van der Waals surface area contributed by atoms with Crippen molar-refractivity contribution in [3.8, 4) is 0 Å². The first-order chi connectivity index (χ1) is 7.83. The smallest absolute Gasteiger partial charge is 0.0555 e. The van der Waals surface area contributed by atoms with Crippen molar-refractivity contribution in [3.63, 3.8) is 0 Å². The lowest BCUT2D eigenvalue weighted by Crippen LogP contribution is -2.44. The van der Waals surface area contributed by atoms with Crippen LogP contribution in [0.4, 0.5) is 0 Å². The van der Waals surface area contributed by atoms with Gasteiger partial charge in [-0.15, -0.1) is 0 Å². The summed E-state index contributed by atoms with van der Waals surface area (Å²) in [6, 6.07) is 0.589. The van der Waals surface area contributed by atoms with Gasteiger partial charge in [0.05, 0.1) is 6.10 Å². The Bertz CT molecular complexity index is 221. The predicted octanol–water partition coefficient (Wildman–Crippen LogP) is 3.29. The molecular formula is C15H31NO. The first-order valence-electron chi connectivity index (χ1n) is 7.22. The zero-order valence-corrected chi connectivity index (χ0v) is 12.4. The van der Waals surface area contributed by atoms with Crippen molar-refractivity contribution in [2.45, 2.75) is 71.9 Å². The van der Waals surface area contributed by atoms with Gasteiger partial charge in [-0.2, -0.15) is 0 Å². The van der Waals surface area contributed by atoms with Gasteiger partial charge in [0.15, 0.2) is 0 Å². The molecule has 1 fully saturated rings. The van der Waals surface area contributed by atoms with E-state index >= 15 is 0 Å². The molecule has 1 aliphatic rings. The van der Waals surface area contributed by atoms with Gasteiger partial charge in [0.1, 0.15) is 0 Å². The summed E-state index contributed by atoms with van der Waals surface area (Å²) in [6.45, 7) is 10.3. The Kier molecular flexibility index (Phi) is 5.46. The van der Waals surface area contributed by atoms with E-state index in [4.69, 9.17) is 0 Å². The van der Waals surface area contributed by atoms with E-state index in [-0.39, 0.29) is 6.10 Å². The summed E-state index contributed by atoms with van der Waals surface area (Å²) in [5.74, 6) is 0.781. The van der Waals surface area contributed by atoms with Crippen LogP contribution in [-0.2, 0) is 0 Å². The van der Waals surface area contributed by atoms with E-state index in [1.807, 2.05) is 0 Å². The first kappa shape index (κ1) is 15.0. The SMILES string of the molecule is CCC1CCC(O)CC1N(C)CCC(C)(C)C. The molecule has 0 radical (unpaired) electrons. The van der Waals surface area contributed by atoms with Gasteiger partial charge in [0.25, 0.3) is 0 Å². The van der Waals surface area contributed by atoms with E-state index in [1.54, 1.807) is 0 Å². The summed E-state index contributed by atoms with van der Waals surface area (Å²) < 4.78 is 0. The van der Waals surface area contributed by atoms with E-state index in [1.165, 1.54) is 19.3 Å². The van der Waals surface area contributed by atoms with Crippen LogP contribution in [0.3, 0.4) is 0 Å². The van der Waals surface area contributed by atoms with Crippen molar-refractivity contribution >= 4 is 0 Å². The van der Waals surface area contributed by atoms with E-state index in [9.17, 15) is 5.11 Å². The van der Waals surface area contributed by atoms with Gasteiger partial charge in [-0.1, -0.05) is 34.1 Å². The third kappa shape index (κ3) is 4.97. The van der Waals surface area contributed by atoms with Gasteiger partial charge >= 0.3 is 0 Å². The van der Waals surface area contributed by atoms with Crippen molar-refractivity contribution in [2.75, 3.05) is 13.6 Å². The number of aliphatic hydroxyl groups excluding tert-OH is 1. The Hall–Kier alpha value is -0.0800. The van der Waals surface area contributed by atoms with Crippen LogP contribution in [0, 0.1) is 11.3 Å². The van der Waals surface area contributed by atoms with Gasteiger partial charge < -0.3 is 10.0 Å². The number of hydrogen-bond donors (Lipinski definition) is 1. The van der Waals surface area contributed by atoms with Gasteiger partial charge in [-0.25, -0.2) is 0 Å². The van der Waals surface area contributed by atoms with Crippen molar-refractivity contribution in [1.29, 1.82) is 0 Å². The summed E-state index contributed by atoms with van der Waals surface area (Å²) in [5, 5.41) is 9.84. The second-order valence-corrected chi connectivity index (χ2v) is 6.99. The molecule has 1 N–H and O–H groups in total. The maximum atomic E-state index is 9.84. The van der Waals surface area contributed by atoms with Crippen LogP contribution < -0.4 is 0 Å². The highest BCUT2D eigenvalue weighted by Gasteiger charge is 2.31. The zero-order valence-electron chi connectivity index (χ0n) is 12.4. The van der Waals surface area contributed by atoms with Crippen molar-refractivity contribution in [3.05, 3.63) is 0 Å². The van der Waals surface area contributed by atoms with Gasteiger partial charge in [-0.05, 0) is 50.6 Å². The molecule has 1 rings (SSSR count). The summed E-state index contributed by atoms with van der Waals surface area (Å²) in [6.07, 6.45) is 5.58. The van der Waals surface area contributed by atoms with E-state index in [0.717, 1.165) is 25.3 Å². The van der Waals surface area contributed by atoms with Crippen LogP contribution in [-0.4, -0.2) is 35.7 Å². The van der Waals surface area contributed by atoms with E-state index in [2.05, 4.69) is 39.6 Å². The van der Waals surface area contributed by atoms with Crippen LogP contribution in [0.1, 0.15) is 59.8 Å². The fourth-order valence-electron chi connectivity index (χ4n) is 2.88. The molecule has 2 heteroatoms. The zero-order chi connectivity index (χ0) is 13.1. The van der Waals surface area contributed by atoms with Crippen LogP contribution in [0.25, 0.3) is 0 Å². The maximum Gasteiger partial charge on any atom is 0.0555 e. The van der Waals surface area contributed by atoms with Crippen molar-refractivity contribution in [2.24, 2.45) is 11.3 Å². The molecule has 0 aromatic heterocycles. The summed E-state index contributed by atoms with van der Waals surface area (Å²) in [5.41, 5.74) is 0.406. The molecular weight excluding hydrogens is 210 g/mol. The molecule has 0 spiro atoms. The summed E-state index contributed by atoms with van der Waals surface area (Å²) in [7, 11) is 2.23. The van der Waals surface area contributed by atoms with E-state index < -0.39 is 0 Å². The number of rotatable bonds is 4. The molecule has 102 valence electrons. The second-order valence-electron chi connectivity index (χ2n) is 6.99. The van der Waals surface area contributed by atoms with Crippen molar-refractivity contribution in [1.82, 2.24) is 4.90 Å². The fraction of sp³-hybridized carbons (Fsp3) is 1.00. The molecule has 0 bridgehead atoms. The highest BCUT2D eigenvalue weighted by atomic mass is 16.3. The molecule has 0 heterocycles. The Morgan fingerprint density at radius 2 is 1.88 bits per heavy atom. The summed E-state index contributed by atoms with van der Waals surface area (Å²) >= 11 is 0. The first-order valence-corrected chi connectivity index (χ1v) is 7.22. The van der Waals surface area contributed by atoms with E-state index in [0.29, 0.717) is 11.5 Å². The molecule has 3 atom stereocenters. The fourth-order valence-corrected chi connectivity index (χ4v) is 2.88. The lowest BCUT2D eigenvalue weighted by molar-refractivity contribution is 0.0329. The molecule has 2 nitrogen and oxygen atoms in total. The van der Waals surface area contributed by atoms with Crippen molar-refractivity contribution < 1.29 is 5.11 Å². The minimum atomic E-state index is -0.0695. The highest BCUT2D eigenvalue weighted by Crippen LogP contribution is 2.31. The molecule has 0 amide bonds.